The molecule has 0 aliphatic carbocycles. The minimum absolute atomic E-state index is 0.239. The number of amides is 3. The summed E-state index contributed by atoms with van der Waals surface area (Å²) < 4.78 is 13.1. The van der Waals surface area contributed by atoms with Gasteiger partial charge in [-0.25, -0.2) is 4.39 Å². The van der Waals surface area contributed by atoms with E-state index in [9.17, 15) is 18.8 Å². The van der Waals surface area contributed by atoms with Gasteiger partial charge in [-0.15, -0.1) is 0 Å². The second-order valence-electron chi connectivity index (χ2n) is 5.47. The fourth-order valence-electron chi connectivity index (χ4n) is 2.10. The Hall–Kier alpha value is -2.93. The van der Waals surface area contributed by atoms with E-state index in [4.69, 9.17) is 11.6 Å². The highest BCUT2D eigenvalue weighted by Gasteiger charge is 2.16. The highest BCUT2D eigenvalue weighted by molar-refractivity contribution is 6.33. The van der Waals surface area contributed by atoms with Crippen LogP contribution in [-0.4, -0.2) is 42.8 Å². The maximum Gasteiger partial charge on any atom is 0.253 e. The normalized spacial score (nSPS) is 10.1. The first-order valence-electron chi connectivity index (χ1n) is 7.69. The van der Waals surface area contributed by atoms with Crippen LogP contribution in [-0.2, 0) is 9.59 Å². The van der Waals surface area contributed by atoms with Crippen molar-refractivity contribution in [3.05, 3.63) is 64.9 Å². The molecule has 2 N–H and O–H groups in total. The van der Waals surface area contributed by atoms with Gasteiger partial charge in [-0.3, -0.25) is 14.4 Å². The second kappa shape index (κ2) is 8.96. The van der Waals surface area contributed by atoms with E-state index in [0.29, 0.717) is 5.69 Å². The van der Waals surface area contributed by atoms with Gasteiger partial charge < -0.3 is 15.5 Å². The van der Waals surface area contributed by atoms with Gasteiger partial charge in [-0.05, 0) is 30.3 Å². The number of hydrogen-bond acceptors (Lipinski definition) is 3. The lowest BCUT2D eigenvalue weighted by atomic mass is 10.2. The number of anilines is 1. The summed E-state index contributed by atoms with van der Waals surface area (Å²) in [6.45, 7) is -0.523. The van der Waals surface area contributed by atoms with Crippen molar-refractivity contribution in [2.24, 2.45) is 0 Å². The fourth-order valence-corrected chi connectivity index (χ4v) is 2.32. The van der Waals surface area contributed by atoms with E-state index >= 15 is 0 Å². The van der Waals surface area contributed by atoms with E-state index in [1.807, 2.05) is 0 Å². The van der Waals surface area contributed by atoms with Gasteiger partial charge in [0.05, 0.1) is 23.7 Å². The van der Waals surface area contributed by atoms with Crippen molar-refractivity contribution >= 4 is 35.0 Å². The molecule has 8 heteroatoms. The second-order valence-corrected chi connectivity index (χ2v) is 5.88. The largest absolute Gasteiger partial charge is 0.343 e. The van der Waals surface area contributed by atoms with Crippen molar-refractivity contribution in [2.75, 3.05) is 25.5 Å². The lowest BCUT2D eigenvalue weighted by Gasteiger charge is -2.17. The first-order chi connectivity index (χ1) is 12.4. The molecular weight excluding hydrogens is 361 g/mol. The average molecular weight is 378 g/mol. The number of carbonyl (C=O) groups excluding carboxylic acids is 3. The molecule has 0 saturated carbocycles. The molecular formula is C18H17ClFN3O3. The van der Waals surface area contributed by atoms with E-state index in [1.54, 1.807) is 18.2 Å². The molecule has 0 bridgehead atoms. The zero-order valence-electron chi connectivity index (χ0n) is 14.0. The summed E-state index contributed by atoms with van der Waals surface area (Å²) in [4.78, 5) is 37.1. The summed E-state index contributed by atoms with van der Waals surface area (Å²) in [5.74, 6) is -1.90. The van der Waals surface area contributed by atoms with Gasteiger partial charge in [0.15, 0.2) is 0 Å². The van der Waals surface area contributed by atoms with Gasteiger partial charge >= 0.3 is 0 Å². The quantitative estimate of drug-likeness (QED) is 0.810. The minimum atomic E-state index is -0.485. The van der Waals surface area contributed by atoms with Crippen LogP contribution in [0.15, 0.2) is 48.5 Å². The van der Waals surface area contributed by atoms with Crippen molar-refractivity contribution in [1.29, 1.82) is 0 Å². The monoisotopic (exact) mass is 377 g/mol. The van der Waals surface area contributed by atoms with Crippen LogP contribution < -0.4 is 10.6 Å². The Morgan fingerprint density at radius 3 is 2.54 bits per heavy atom. The Balaban J connectivity index is 1.82. The zero-order chi connectivity index (χ0) is 19.1. The summed E-state index contributed by atoms with van der Waals surface area (Å²) in [7, 11) is 1.43. The standard InChI is InChI=1S/C18H17ClFN3O3/c1-23(11-16(24)22-13-6-4-5-12(20)9-13)17(25)10-21-18(26)14-7-2-3-8-15(14)19/h2-9H,10-11H2,1H3,(H,21,26)(H,22,24). The molecule has 3 amide bonds. The average Bonchev–Trinajstić information content (AvgIpc) is 2.59. The lowest BCUT2D eigenvalue weighted by Crippen LogP contribution is -2.41. The lowest BCUT2D eigenvalue weighted by molar-refractivity contribution is -0.132. The molecule has 2 rings (SSSR count). The molecule has 2 aromatic carbocycles. The van der Waals surface area contributed by atoms with Crippen LogP contribution in [0, 0.1) is 5.82 Å². The third-order valence-corrected chi connectivity index (χ3v) is 3.76. The van der Waals surface area contributed by atoms with Crippen LogP contribution in [0.5, 0.6) is 0 Å². The SMILES string of the molecule is CN(CC(=O)Nc1cccc(F)c1)C(=O)CNC(=O)c1ccccc1Cl. The number of benzene rings is 2. The Morgan fingerprint density at radius 2 is 1.85 bits per heavy atom. The van der Waals surface area contributed by atoms with Crippen LogP contribution >= 0.6 is 11.6 Å². The van der Waals surface area contributed by atoms with Gasteiger partial charge in [0.2, 0.25) is 11.8 Å². The predicted molar refractivity (Wildman–Crippen MR) is 96.5 cm³/mol. The Bertz CT molecular complexity index is 829. The highest BCUT2D eigenvalue weighted by atomic mass is 35.5. The molecule has 0 radical (unpaired) electrons. The van der Waals surface area contributed by atoms with Gasteiger partial charge in [-0.1, -0.05) is 29.8 Å². The summed E-state index contributed by atoms with van der Waals surface area (Å²) in [5, 5.41) is 5.22. The molecule has 0 aromatic heterocycles. The summed E-state index contributed by atoms with van der Waals surface area (Å²) in [6.07, 6.45) is 0. The number of carbonyl (C=O) groups is 3. The topological polar surface area (TPSA) is 78.5 Å². The number of nitrogens with one attached hydrogen (secondary N) is 2. The van der Waals surface area contributed by atoms with Crippen molar-refractivity contribution in [1.82, 2.24) is 10.2 Å². The molecule has 6 nitrogen and oxygen atoms in total. The Kier molecular flexibility index (Phi) is 6.68. The first-order valence-corrected chi connectivity index (χ1v) is 8.06. The van der Waals surface area contributed by atoms with E-state index in [0.717, 1.165) is 4.90 Å². The third kappa shape index (κ3) is 5.56. The van der Waals surface area contributed by atoms with Crippen LogP contribution in [0.2, 0.25) is 5.02 Å². The van der Waals surface area contributed by atoms with E-state index < -0.39 is 23.5 Å². The fraction of sp³-hybridized carbons (Fsp3) is 0.167. The zero-order valence-corrected chi connectivity index (χ0v) is 14.7. The number of halogens is 2. The van der Waals surface area contributed by atoms with Gasteiger partial charge in [-0.2, -0.15) is 0 Å². The molecule has 2 aromatic rings. The van der Waals surface area contributed by atoms with Crippen molar-refractivity contribution in [3.63, 3.8) is 0 Å². The molecule has 0 atom stereocenters. The number of nitrogens with zero attached hydrogens (tertiary/aromatic N) is 1. The Morgan fingerprint density at radius 1 is 1.12 bits per heavy atom. The van der Waals surface area contributed by atoms with Gasteiger partial charge in [0.25, 0.3) is 5.91 Å². The number of likely N-dealkylation sites (N-methyl/N-ethyl adjacent to an activating group) is 1. The van der Waals surface area contributed by atoms with E-state index in [-0.39, 0.29) is 23.7 Å². The summed E-state index contributed by atoms with van der Waals surface area (Å²) in [6, 6.07) is 11.9. The van der Waals surface area contributed by atoms with E-state index in [1.165, 1.54) is 37.4 Å². The van der Waals surface area contributed by atoms with Crippen LogP contribution in [0.25, 0.3) is 0 Å². The molecule has 0 saturated heterocycles. The number of rotatable bonds is 6. The molecule has 0 spiro atoms. The van der Waals surface area contributed by atoms with E-state index in [2.05, 4.69) is 10.6 Å². The Labute approximate surface area is 154 Å². The van der Waals surface area contributed by atoms with Gasteiger partial charge in [0.1, 0.15) is 5.82 Å². The molecule has 26 heavy (non-hydrogen) atoms. The summed E-state index contributed by atoms with van der Waals surface area (Å²) in [5.41, 5.74) is 0.552. The smallest absolute Gasteiger partial charge is 0.253 e. The third-order valence-electron chi connectivity index (χ3n) is 3.43. The van der Waals surface area contributed by atoms with Crippen LogP contribution in [0.3, 0.4) is 0 Å². The summed E-state index contributed by atoms with van der Waals surface area (Å²) >= 11 is 5.92. The van der Waals surface area contributed by atoms with Crippen LogP contribution in [0.4, 0.5) is 10.1 Å². The molecule has 0 aliphatic heterocycles. The maximum atomic E-state index is 13.1. The maximum absolute atomic E-state index is 13.1. The molecule has 0 fully saturated rings. The highest BCUT2D eigenvalue weighted by Crippen LogP contribution is 2.14. The van der Waals surface area contributed by atoms with Crippen molar-refractivity contribution in [2.45, 2.75) is 0 Å². The van der Waals surface area contributed by atoms with Crippen LogP contribution in [0.1, 0.15) is 10.4 Å². The predicted octanol–water partition coefficient (Wildman–Crippen LogP) is 2.31. The molecule has 136 valence electrons. The molecule has 0 heterocycles. The molecule has 0 unspecified atom stereocenters. The van der Waals surface area contributed by atoms with Gasteiger partial charge in [0, 0.05) is 12.7 Å². The molecule has 0 aliphatic rings. The first kappa shape index (κ1) is 19.4. The van der Waals surface area contributed by atoms with Crippen molar-refractivity contribution in [3.8, 4) is 0 Å². The number of hydrogen-bond donors (Lipinski definition) is 2. The minimum Gasteiger partial charge on any atom is -0.343 e. The van der Waals surface area contributed by atoms with Crippen molar-refractivity contribution < 1.29 is 18.8 Å².